The van der Waals surface area contributed by atoms with Crippen LogP contribution in [0.3, 0.4) is 0 Å². The molecule has 13 aromatic rings. The van der Waals surface area contributed by atoms with E-state index in [-0.39, 0.29) is 0 Å². The summed E-state index contributed by atoms with van der Waals surface area (Å²) in [7, 11) is 0. The Morgan fingerprint density at radius 2 is 0.586 bits per heavy atom. The van der Waals surface area contributed by atoms with Crippen LogP contribution in [-0.4, -0.2) is 4.57 Å². The van der Waals surface area contributed by atoms with Crippen molar-refractivity contribution < 1.29 is 0 Å². The number of hydrogen-bond acceptors (Lipinski definition) is 1. The molecule has 328 valence electrons. The summed E-state index contributed by atoms with van der Waals surface area (Å²) >= 11 is 0. The number of rotatable bonds is 9. The van der Waals surface area contributed by atoms with Gasteiger partial charge in [0.2, 0.25) is 0 Å². The first kappa shape index (κ1) is 41.0. The highest BCUT2D eigenvalue weighted by atomic mass is 15.1. The van der Waals surface area contributed by atoms with Crippen LogP contribution >= 0.6 is 0 Å². The lowest BCUT2D eigenvalue weighted by molar-refractivity contribution is 1.18. The van der Waals surface area contributed by atoms with Crippen LogP contribution in [0.4, 0.5) is 17.1 Å². The van der Waals surface area contributed by atoms with Gasteiger partial charge in [-0.25, -0.2) is 0 Å². The number of fused-ring (bicyclic) bond motifs is 5. The van der Waals surface area contributed by atoms with Gasteiger partial charge in [0.05, 0.1) is 16.7 Å². The monoisotopic (exact) mass is 890 g/mol. The Morgan fingerprint density at radius 1 is 0.229 bits per heavy atom. The minimum atomic E-state index is 1.09. The molecule has 0 fully saturated rings. The second-order valence-corrected chi connectivity index (χ2v) is 18.1. The van der Waals surface area contributed by atoms with Gasteiger partial charge in [0, 0.05) is 33.4 Å². The van der Waals surface area contributed by atoms with E-state index in [0.29, 0.717) is 0 Å². The van der Waals surface area contributed by atoms with Gasteiger partial charge in [-0.2, -0.15) is 0 Å². The molecule has 0 spiro atoms. The highest BCUT2D eigenvalue weighted by molar-refractivity contribution is 6.10. The van der Waals surface area contributed by atoms with Crippen molar-refractivity contribution in [2.45, 2.75) is 0 Å². The molecule has 2 heteroatoms. The summed E-state index contributed by atoms with van der Waals surface area (Å²) in [6.45, 7) is 0. The fourth-order valence-corrected chi connectivity index (χ4v) is 10.6. The van der Waals surface area contributed by atoms with Gasteiger partial charge in [-0.15, -0.1) is 0 Å². The highest BCUT2D eigenvalue weighted by Crippen LogP contribution is 2.41. The number of benzene rings is 12. The largest absolute Gasteiger partial charge is 0.311 e. The summed E-state index contributed by atoms with van der Waals surface area (Å²) in [6, 6.07) is 102. The Balaban J connectivity index is 0.838. The second-order valence-electron chi connectivity index (χ2n) is 18.1. The van der Waals surface area contributed by atoms with Crippen LogP contribution in [0.2, 0.25) is 0 Å². The Kier molecular flexibility index (Phi) is 10.2. The zero-order valence-electron chi connectivity index (χ0n) is 38.5. The maximum atomic E-state index is 2.41. The summed E-state index contributed by atoms with van der Waals surface area (Å²) in [6.07, 6.45) is 0. The minimum absolute atomic E-state index is 1.09. The fraction of sp³-hybridized carbons (Fsp3) is 0. The predicted octanol–water partition coefficient (Wildman–Crippen LogP) is 18.9. The van der Waals surface area contributed by atoms with Crippen LogP contribution in [0.15, 0.2) is 279 Å². The van der Waals surface area contributed by atoms with Crippen molar-refractivity contribution >= 4 is 60.4 Å². The molecule has 1 heterocycles. The van der Waals surface area contributed by atoms with E-state index >= 15 is 0 Å². The van der Waals surface area contributed by atoms with E-state index in [2.05, 4.69) is 289 Å². The maximum absolute atomic E-state index is 2.41. The molecule has 0 aliphatic heterocycles. The summed E-state index contributed by atoms with van der Waals surface area (Å²) < 4.78 is 2.41. The first-order valence-corrected chi connectivity index (χ1v) is 24.1. The van der Waals surface area contributed by atoms with E-state index in [0.717, 1.165) is 17.1 Å². The van der Waals surface area contributed by atoms with Crippen LogP contribution in [0.5, 0.6) is 0 Å². The van der Waals surface area contributed by atoms with Crippen LogP contribution in [0, 0.1) is 0 Å². The Labute approximate surface area is 408 Å². The molecule has 0 saturated carbocycles. The number of hydrogen-bond donors (Lipinski definition) is 0. The van der Waals surface area contributed by atoms with Crippen LogP contribution in [0.1, 0.15) is 0 Å². The molecule has 0 radical (unpaired) electrons. The number of para-hydroxylation sites is 3. The minimum Gasteiger partial charge on any atom is -0.311 e. The van der Waals surface area contributed by atoms with Crippen LogP contribution in [0.25, 0.3) is 105 Å². The van der Waals surface area contributed by atoms with E-state index in [4.69, 9.17) is 0 Å². The molecule has 2 nitrogen and oxygen atoms in total. The van der Waals surface area contributed by atoms with E-state index in [1.165, 1.54) is 105 Å². The van der Waals surface area contributed by atoms with Crippen molar-refractivity contribution in [2.75, 3.05) is 4.90 Å². The topological polar surface area (TPSA) is 8.17 Å². The molecule has 0 unspecified atom stereocenters. The van der Waals surface area contributed by atoms with Gasteiger partial charge in [0.25, 0.3) is 0 Å². The van der Waals surface area contributed by atoms with Crippen molar-refractivity contribution in [3.63, 3.8) is 0 Å². The van der Waals surface area contributed by atoms with Crippen molar-refractivity contribution in [1.29, 1.82) is 0 Å². The Bertz CT molecular complexity index is 3970. The molecule has 70 heavy (non-hydrogen) atoms. The van der Waals surface area contributed by atoms with Gasteiger partial charge in [-0.05, 0) is 132 Å². The zero-order valence-corrected chi connectivity index (χ0v) is 38.5. The molecular formula is C68H46N2. The van der Waals surface area contributed by atoms with E-state index in [1.807, 2.05) is 0 Å². The lowest BCUT2D eigenvalue weighted by Crippen LogP contribution is -2.09. The molecular weight excluding hydrogens is 845 g/mol. The SMILES string of the molecule is c1cc(-c2ccc(N(c3ccc(-c4ccc(-c5ccccc5-n5c6ccccc6c6ccccc65)cc4)cc3)c3ccc(-c4cccc5ccccc45)cc3)cc2)cc(-c2cccc3ccccc23)c1. The van der Waals surface area contributed by atoms with E-state index < -0.39 is 0 Å². The Hall–Kier alpha value is -9.24. The number of nitrogens with zero attached hydrogens (tertiary/aromatic N) is 2. The van der Waals surface area contributed by atoms with Gasteiger partial charge in [0.15, 0.2) is 0 Å². The molecule has 0 aliphatic rings. The van der Waals surface area contributed by atoms with Gasteiger partial charge >= 0.3 is 0 Å². The van der Waals surface area contributed by atoms with Crippen LogP contribution < -0.4 is 4.90 Å². The number of anilines is 3. The molecule has 0 amide bonds. The first-order valence-electron chi connectivity index (χ1n) is 24.1. The Morgan fingerprint density at radius 3 is 1.16 bits per heavy atom. The molecule has 13 rings (SSSR count). The highest BCUT2D eigenvalue weighted by Gasteiger charge is 2.17. The standard InChI is InChI=1S/C68H46N2/c1-3-20-59-50(14-1)16-12-25-61(59)52-38-44-58(45-39-52)69(57-42-36-49(37-43-57)54-18-11-19-55(46-54)62-26-13-17-51-15-2-4-21-60(51)62)56-40-34-48(35-41-56)47-30-32-53(33-31-47)63-22-5-8-27-66(63)70-67-28-9-6-23-64(67)65-24-7-10-29-68(65)70/h1-46H. The quantitative estimate of drug-likeness (QED) is 0.140. The van der Waals surface area contributed by atoms with Crippen molar-refractivity contribution in [1.82, 2.24) is 4.57 Å². The predicted molar refractivity (Wildman–Crippen MR) is 298 cm³/mol. The normalized spacial score (nSPS) is 11.4. The van der Waals surface area contributed by atoms with Gasteiger partial charge in [-0.1, -0.05) is 218 Å². The van der Waals surface area contributed by atoms with Crippen molar-refractivity contribution in [3.8, 4) is 61.3 Å². The molecule has 1 aromatic heterocycles. The lowest BCUT2D eigenvalue weighted by atomic mass is 9.95. The summed E-state index contributed by atoms with van der Waals surface area (Å²) in [5.74, 6) is 0. The van der Waals surface area contributed by atoms with Gasteiger partial charge in [-0.3, -0.25) is 0 Å². The van der Waals surface area contributed by atoms with E-state index in [9.17, 15) is 0 Å². The fourth-order valence-electron chi connectivity index (χ4n) is 10.6. The average molecular weight is 891 g/mol. The maximum Gasteiger partial charge on any atom is 0.0541 e. The summed E-state index contributed by atoms with van der Waals surface area (Å²) in [5.41, 5.74) is 18.8. The molecule has 0 saturated heterocycles. The number of aromatic nitrogens is 1. The molecule has 12 aromatic carbocycles. The summed E-state index contributed by atoms with van der Waals surface area (Å²) in [4.78, 5) is 2.36. The summed E-state index contributed by atoms with van der Waals surface area (Å²) in [5, 5.41) is 7.54. The average Bonchev–Trinajstić information content (AvgIpc) is 3.78. The van der Waals surface area contributed by atoms with Crippen LogP contribution in [-0.2, 0) is 0 Å². The van der Waals surface area contributed by atoms with Gasteiger partial charge in [0.1, 0.15) is 0 Å². The molecule has 0 N–H and O–H groups in total. The smallest absolute Gasteiger partial charge is 0.0541 e. The first-order chi connectivity index (χ1) is 34.7. The molecule has 0 atom stereocenters. The molecule has 0 aliphatic carbocycles. The lowest BCUT2D eigenvalue weighted by Gasteiger charge is -2.26. The third-order valence-electron chi connectivity index (χ3n) is 14.0. The molecule has 0 bridgehead atoms. The van der Waals surface area contributed by atoms with E-state index in [1.54, 1.807) is 0 Å². The third kappa shape index (κ3) is 7.31. The zero-order chi connectivity index (χ0) is 46.4. The van der Waals surface area contributed by atoms with Crippen molar-refractivity contribution in [3.05, 3.63) is 279 Å². The third-order valence-corrected chi connectivity index (χ3v) is 14.0. The van der Waals surface area contributed by atoms with Crippen molar-refractivity contribution in [2.24, 2.45) is 0 Å². The van der Waals surface area contributed by atoms with Gasteiger partial charge < -0.3 is 9.47 Å². The second kappa shape index (κ2) is 17.4.